The molecule has 16 heavy (non-hydrogen) atoms. The van der Waals surface area contributed by atoms with Gasteiger partial charge in [0.05, 0.1) is 12.6 Å². The van der Waals surface area contributed by atoms with Crippen LogP contribution >= 0.6 is 15.9 Å². The normalized spacial score (nSPS) is 12.2. The first-order valence-electron chi connectivity index (χ1n) is 4.78. The van der Waals surface area contributed by atoms with Crippen molar-refractivity contribution in [1.82, 2.24) is 5.32 Å². The van der Waals surface area contributed by atoms with E-state index in [2.05, 4.69) is 21.2 Å². The Bertz CT molecular complexity index is 360. The van der Waals surface area contributed by atoms with Crippen molar-refractivity contribution in [2.75, 3.05) is 19.0 Å². The molecule has 3 nitrogen and oxygen atoms in total. The molecule has 0 saturated carbocycles. The molecule has 1 unspecified atom stereocenters. The van der Waals surface area contributed by atoms with Crippen molar-refractivity contribution >= 4 is 21.8 Å². The molecule has 1 N–H and O–H groups in total. The average Bonchev–Trinajstić information content (AvgIpc) is 2.28. The van der Waals surface area contributed by atoms with E-state index < -0.39 is 5.82 Å². The predicted molar refractivity (Wildman–Crippen MR) is 63.3 cm³/mol. The van der Waals surface area contributed by atoms with Gasteiger partial charge in [-0.3, -0.25) is 4.79 Å². The van der Waals surface area contributed by atoms with Gasteiger partial charge in [0.15, 0.2) is 0 Å². The summed E-state index contributed by atoms with van der Waals surface area (Å²) in [6.45, 7) is 0.409. The molecule has 0 aliphatic heterocycles. The van der Waals surface area contributed by atoms with E-state index in [1.54, 1.807) is 13.2 Å². The van der Waals surface area contributed by atoms with E-state index in [1.165, 1.54) is 18.2 Å². The lowest BCUT2D eigenvalue weighted by molar-refractivity contribution is 0.0907. The van der Waals surface area contributed by atoms with Crippen molar-refractivity contribution in [2.24, 2.45) is 0 Å². The lowest BCUT2D eigenvalue weighted by atomic mass is 10.2. The summed E-state index contributed by atoms with van der Waals surface area (Å²) in [6, 6.07) is 5.45. The lowest BCUT2D eigenvalue weighted by Crippen LogP contribution is -2.39. The molecule has 0 radical (unpaired) electrons. The standard InChI is InChI=1S/C11H13BrFNO2/c1-16-7-10(6-12)14-11(15)8-3-2-4-9(13)5-8/h2-5,10H,6-7H2,1H3,(H,14,15). The van der Waals surface area contributed by atoms with Crippen LogP contribution in [0.5, 0.6) is 0 Å². The van der Waals surface area contributed by atoms with Crippen LogP contribution < -0.4 is 5.32 Å². The number of halogens is 2. The van der Waals surface area contributed by atoms with E-state index >= 15 is 0 Å². The summed E-state index contributed by atoms with van der Waals surface area (Å²) >= 11 is 3.26. The van der Waals surface area contributed by atoms with Crippen LogP contribution in [0.3, 0.4) is 0 Å². The average molecular weight is 290 g/mol. The van der Waals surface area contributed by atoms with Gasteiger partial charge in [-0.15, -0.1) is 0 Å². The van der Waals surface area contributed by atoms with Crippen molar-refractivity contribution in [2.45, 2.75) is 6.04 Å². The zero-order valence-corrected chi connectivity index (χ0v) is 10.5. The minimum atomic E-state index is -0.421. The Hall–Kier alpha value is -0.940. The number of carbonyl (C=O) groups excluding carboxylic acids is 1. The number of methoxy groups -OCH3 is 1. The molecule has 1 amide bonds. The molecule has 0 aromatic heterocycles. The molecule has 0 heterocycles. The summed E-state index contributed by atoms with van der Waals surface area (Å²) in [7, 11) is 1.56. The SMILES string of the molecule is COCC(CBr)NC(=O)c1cccc(F)c1. The molecule has 1 atom stereocenters. The maximum Gasteiger partial charge on any atom is 0.251 e. The Kier molecular flexibility index (Phi) is 5.42. The monoisotopic (exact) mass is 289 g/mol. The molecule has 1 aromatic carbocycles. The number of hydrogen-bond acceptors (Lipinski definition) is 2. The van der Waals surface area contributed by atoms with Crippen LogP contribution in [0.15, 0.2) is 24.3 Å². The number of alkyl halides is 1. The van der Waals surface area contributed by atoms with Crippen LogP contribution in [0, 0.1) is 5.82 Å². The lowest BCUT2D eigenvalue weighted by Gasteiger charge is -2.15. The number of ether oxygens (including phenoxy) is 1. The molecular formula is C11H13BrFNO2. The second-order valence-electron chi connectivity index (χ2n) is 3.29. The molecular weight excluding hydrogens is 277 g/mol. The zero-order chi connectivity index (χ0) is 12.0. The van der Waals surface area contributed by atoms with Crippen LogP contribution in [-0.2, 0) is 4.74 Å². The van der Waals surface area contributed by atoms with Crippen molar-refractivity contribution in [3.63, 3.8) is 0 Å². The van der Waals surface area contributed by atoms with Gasteiger partial charge in [-0.25, -0.2) is 4.39 Å². The number of benzene rings is 1. The van der Waals surface area contributed by atoms with Crippen LogP contribution in [0.4, 0.5) is 4.39 Å². The topological polar surface area (TPSA) is 38.3 Å². The van der Waals surface area contributed by atoms with E-state index in [0.717, 1.165) is 0 Å². The minimum absolute atomic E-state index is 0.124. The maximum atomic E-state index is 12.9. The van der Waals surface area contributed by atoms with E-state index in [4.69, 9.17) is 4.74 Å². The van der Waals surface area contributed by atoms with Gasteiger partial charge in [-0.1, -0.05) is 22.0 Å². The van der Waals surface area contributed by atoms with Gasteiger partial charge in [0.25, 0.3) is 5.91 Å². The number of nitrogens with one attached hydrogen (secondary N) is 1. The van der Waals surface area contributed by atoms with E-state index in [1.807, 2.05) is 0 Å². The maximum absolute atomic E-state index is 12.9. The fourth-order valence-corrected chi connectivity index (χ4v) is 1.57. The summed E-state index contributed by atoms with van der Waals surface area (Å²) in [5.41, 5.74) is 0.307. The van der Waals surface area contributed by atoms with E-state index in [0.29, 0.717) is 17.5 Å². The molecule has 1 aromatic rings. The Morgan fingerprint density at radius 3 is 2.94 bits per heavy atom. The summed E-state index contributed by atoms with van der Waals surface area (Å²) in [6.07, 6.45) is 0. The van der Waals surface area contributed by atoms with Gasteiger partial charge in [-0.05, 0) is 18.2 Å². The number of amides is 1. The first-order valence-corrected chi connectivity index (χ1v) is 5.91. The minimum Gasteiger partial charge on any atom is -0.383 e. The highest BCUT2D eigenvalue weighted by molar-refractivity contribution is 9.09. The van der Waals surface area contributed by atoms with Gasteiger partial charge >= 0.3 is 0 Å². The van der Waals surface area contributed by atoms with E-state index in [-0.39, 0.29) is 11.9 Å². The molecule has 88 valence electrons. The van der Waals surface area contributed by atoms with Crippen LogP contribution in [0.25, 0.3) is 0 Å². The van der Waals surface area contributed by atoms with E-state index in [9.17, 15) is 9.18 Å². The van der Waals surface area contributed by atoms with Crippen molar-refractivity contribution in [3.8, 4) is 0 Å². The summed E-state index contributed by atoms with van der Waals surface area (Å²) in [4.78, 5) is 11.7. The summed E-state index contributed by atoms with van der Waals surface area (Å²) < 4.78 is 17.8. The number of rotatable bonds is 5. The Balaban J connectivity index is 2.64. The van der Waals surface area contributed by atoms with Crippen molar-refractivity contribution in [1.29, 1.82) is 0 Å². The summed E-state index contributed by atoms with van der Waals surface area (Å²) in [5.74, 6) is -0.726. The second kappa shape index (κ2) is 6.60. The second-order valence-corrected chi connectivity index (χ2v) is 3.94. The summed E-state index contributed by atoms with van der Waals surface area (Å²) in [5, 5.41) is 3.32. The highest BCUT2D eigenvalue weighted by Crippen LogP contribution is 2.04. The first-order chi connectivity index (χ1) is 7.67. The zero-order valence-electron chi connectivity index (χ0n) is 8.87. The first kappa shape index (κ1) is 13.1. The highest BCUT2D eigenvalue weighted by Gasteiger charge is 2.12. The third-order valence-corrected chi connectivity index (χ3v) is 2.76. The van der Waals surface area contributed by atoms with Gasteiger partial charge in [-0.2, -0.15) is 0 Å². The smallest absolute Gasteiger partial charge is 0.251 e. The molecule has 0 aliphatic carbocycles. The van der Waals surface area contributed by atoms with Gasteiger partial charge < -0.3 is 10.1 Å². The molecule has 0 aliphatic rings. The number of carbonyl (C=O) groups is 1. The molecule has 1 rings (SSSR count). The fraction of sp³-hybridized carbons (Fsp3) is 0.364. The largest absolute Gasteiger partial charge is 0.383 e. The number of hydrogen-bond donors (Lipinski definition) is 1. The molecule has 0 saturated heterocycles. The van der Waals surface area contributed by atoms with Gasteiger partial charge in [0, 0.05) is 18.0 Å². The molecule has 0 fully saturated rings. The highest BCUT2D eigenvalue weighted by atomic mass is 79.9. The van der Waals surface area contributed by atoms with Crippen LogP contribution in [-0.4, -0.2) is 31.0 Å². The molecule has 5 heteroatoms. The van der Waals surface area contributed by atoms with Gasteiger partial charge in [0.2, 0.25) is 0 Å². The third kappa shape index (κ3) is 3.90. The van der Waals surface area contributed by atoms with Crippen molar-refractivity contribution in [3.05, 3.63) is 35.6 Å². The Morgan fingerprint density at radius 1 is 1.62 bits per heavy atom. The van der Waals surface area contributed by atoms with Gasteiger partial charge in [0.1, 0.15) is 5.82 Å². The Morgan fingerprint density at radius 2 is 2.38 bits per heavy atom. The predicted octanol–water partition coefficient (Wildman–Crippen LogP) is 1.97. The fourth-order valence-electron chi connectivity index (χ4n) is 1.22. The quantitative estimate of drug-likeness (QED) is 0.842. The van der Waals surface area contributed by atoms with Crippen LogP contribution in [0.2, 0.25) is 0 Å². The molecule has 0 spiro atoms. The molecule has 0 bridgehead atoms. The van der Waals surface area contributed by atoms with Crippen LogP contribution in [0.1, 0.15) is 10.4 Å². The Labute approximate surface area is 102 Å². The van der Waals surface area contributed by atoms with Crippen molar-refractivity contribution < 1.29 is 13.9 Å². The third-order valence-electron chi connectivity index (χ3n) is 1.98.